The van der Waals surface area contributed by atoms with Crippen molar-refractivity contribution in [3.05, 3.63) is 38.8 Å². The largest absolute Gasteiger partial charge is 0.493 e. The lowest BCUT2D eigenvalue weighted by Crippen LogP contribution is -2.48. The van der Waals surface area contributed by atoms with E-state index in [4.69, 9.17) is 14.2 Å². The Balaban J connectivity index is 1.56. The lowest BCUT2D eigenvalue weighted by atomic mass is 9.79. The molecule has 1 aromatic carbocycles. The van der Waals surface area contributed by atoms with Crippen LogP contribution in [0.1, 0.15) is 64.1 Å². The molecule has 1 amide bonds. The molecule has 1 saturated heterocycles. The number of hydrogen-bond acceptors (Lipinski definition) is 6. The van der Waals surface area contributed by atoms with E-state index in [1.807, 2.05) is 11.8 Å². The first-order valence-electron chi connectivity index (χ1n) is 10.5. The quantitative estimate of drug-likeness (QED) is 0.724. The number of aryl methyl sites for hydroxylation is 1. The average molecular weight is 431 g/mol. The predicted molar refractivity (Wildman–Crippen MR) is 117 cm³/mol. The fourth-order valence-corrected chi connectivity index (χ4v) is 5.51. The van der Waals surface area contributed by atoms with Gasteiger partial charge in [0.2, 0.25) is 0 Å². The van der Waals surface area contributed by atoms with Gasteiger partial charge in [-0.15, -0.1) is 11.3 Å². The second-order valence-corrected chi connectivity index (χ2v) is 9.40. The van der Waals surface area contributed by atoms with Crippen LogP contribution in [0, 0.1) is 6.92 Å². The lowest BCUT2D eigenvalue weighted by Gasteiger charge is -2.45. The number of rotatable bonds is 4. The van der Waals surface area contributed by atoms with Crippen molar-refractivity contribution >= 4 is 17.2 Å². The summed E-state index contributed by atoms with van der Waals surface area (Å²) < 4.78 is 17.4. The van der Waals surface area contributed by atoms with Crippen molar-refractivity contribution in [2.45, 2.75) is 51.6 Å². The third-order valence-electron chi connectivity index (χ3n) is 6.21. The molecular weight excluding hydrogens is 400 g/mol. The van der Waals surface area contributed by atoms with Gasteiger partial charge in [-0.3, -0.25) is 4.79 Å². The summed E-state index contributed by atoms with van der Waals surface area (Å²) in [6.07, 6.45) is 2.41. The number of likely N-dealkylation sites (tertiary alicyclic amines) is 1. The number of ether oxygens (including phenoxy) is 3. The van der Waals surface area contributed by atoms with Crippen LogP contribution in [-0.2, 0) is 16.8 Å². The van der Waals surface area contributed by atoms with E-state index >= 15 is 0 Å². The van der Waals surface area contributed by atoms with Crippen LogP contribution in [0.3, 0.4) is 0 Å². The number of thiazole rings is 1. The van der Waals surface area contributed by atoms with Gasteiger partial charge in [-0.2, -0.15) is 0 Å². The van der Waals surface area contributed by atoms with E-state index in [1.165, 1.54) is 22.5 Å². The molecule has 0 unspecified atom stereocenters. The molecule has 0 aliphatic carbocycles. The first kappa shape index (κ1) is 21.1. The zero-order valence-electron chi connectivity index (χ0n) is 18.4. The van der Waals surface area contributed by atoms with Crippen molar-refractivity contribution in [1.29, 1.82) is 0 Å². The van der Waals surface area contributed by atoms with E-state index in [2.05, 4.69) is 31.0 Å². The number of fused-ring (bicyclic) bond motifs is 2. The molecule has 1 aromatic heterocycles. The Bertz CT molecular complexity index is 945. The summed E-state index contributed by atoms with van der Waals surface area (Å²) in [5, 5.41) is 1.02. The Morgan fingerprint density at radius 3 is 2.47 bits per heavy atom. The second-order valence-electron chi connectivity index (χ2n) is 8.37. The van der Waals surface area contributed by atoms with E-state index < -0.39 is 0 Å². The van der Waals surface area contributed by atoms with Gasteiger partial charge in [0.1, 0.15) is 4.88 Å². The number of carbonyl (C=O) groups is 1. The molecule has 3 heterocycles. The van der Waals surface area contributed by atoms with Crippen molar-refractivity contribution in [2.24, 2.45) is 0 Å². The molecule has 0 radical (unpaired) electrons. The normalized spacial score (nSPS) is 17.9. The topological polar surface area (TPSA) is 60.9 Å². The van der Waals surface area contributed by atoms with Crippen LogP contribution in [0.4, 0.5) is 0 Å². The van der Waals surface area contributed by atoms with E-state index in [-0.39, 0.29) is 11.5 Å². The number of hydrogen-bond donors (Lipinski definition) is 0. The van der Waals surface area contributed by atoms with Crippen LogP contribution in [-0.4, -0.2) is 49.7 Å². The molecule has 4 rings (SSSR count). The van der Waals surface area contributed by atoms with Gasteiger partial charge in [0.15, 0.2) is 11.5 Å². The minimum atomic E-state index is -0.365. The highest BCUT2D eigenvalue weighted by molar-refractivity contribution is 7.13. The Labute approximate surface area is 182 Å². The van der Waals surface area contributed by atoms with Gasteiger partial charge >= 0.3 is 0 Å². The molecule has 0 saturated carbocycles. The van der Waals surface area contributed by atoms with Crippen LogP contribution in [0.2, 0.25) is 0 Å². The van der Waals surface area contributed by atoms with E-state index in [0.29, 0.717) is 25.6 Å². The molecule has 0 bridgehead atoms. The van der Waals surface area contributed by atoms with Gasteiger partial charge in [0, 0.05) is 19.0 Å². The van der Waals surface area contributed by atoms with Gasteiger partial charge in [0.05, 0.1) is 37.1 Å². The smallest absolute Gasteiger partial charge is 0.265 e. The minimum Gasteiger partial charge on any atom is -0.493 e. The van der Waals surface area contributed by atoms with E-state index in [9.17, 15) is 4.79 Å². The minimum absolute atomic E-state index is 0.0927. The van der Waals surface area contributed by atoms with Crippen molar-refractivity contribution in [2.75, 3.05) is 33.9 Å². The maximum absolute atomic E-state index is 13.2. The van der Waals surface area contributed by atoms with Crippen LogP contribution in [0.5, 0.6) is 11.5 Å². The Morgan fingerprint density at radius 1 is 1.20 bits per heavy atom. The summed E-state index contributed by atoms with van der Waals surface area (Å²) in [4.78, 5) is 20.5. The Hall–Kier alpha value is -2.12. The average Bonchev–Trinajstić information content (AvgIpc) is 3.15. The van der Waals surface area contributed by atoms with Crippen molar-refractivity contribution in [3.63, 3.8) is 0 Å². The summed E-state index contributed by atoms with van der Waals surface area (Å²) in [7, 11) is 3.32. The molecule has 30 heavy (non-hydrogen) atoms. The van der Waals surface area contributed by atoms with E-state index in [1.54, 1.807) is 14.2 Å². The fraction of sp³-hybridized carbons (Fsp3) is 0.565. The first-order chi connectivity index (χ1) is 14.4. The standard InChI is InChI=1S/C23H30N2O4S/c1-14(2)21-24-15(3)20(30-21)22(26)25-9-7-23(8-10-25)17-13-19(28-5)18(27-4)12-16(17)6-11-29-23/h12-14H,6-11H2,1-5H3. The van der Waals surface area contributed by atoms with Gasteiger partial charge < -0.3 is 19.1 Å². The SMILES string of the molecule is COc1cc2c(cc1OC)C1(CCN(C(=O)c3sc(C(C)C)nc3C)CC1)OCC2. The summed E-state index contributed by atoms with van der Waals surface area (Å²) in [6.45, 7) is 8.17. The van der Waals surface area contributed by atoms with Crippen molar-refractivity contribution in [1.82, 2.24) is 9.88 Å². The third kappa shape index (κ3) is 3.58. The number of piperidine rings is 1. The van der Waals surface area contributed by atoms with Gasteiger partial charge in [-0.25, -0.2) is 4.98 Å². The lowest BCUT2D eigenvalue weighted by molar-refractivity contribution is -0.0936. The zero-order chi connectivity index (χ0) is 21.5. The first-order valence-corrected chi connectivity index (χ1v) is 11.4. The summed E-state index contributed by atoms with van der Waals surface area (Å²) >= 11 is 1.53. The number of carbonyl (C=O) groups excluding carboxylic acids is 1. The van der Waals surface area contributed by atoms with Gasteiger partial charge in [0.25, 0.3) is 5.91 Å². The van der Waals surface area contributed by atoms with Gasteiger partial charge in [-0.1, -0.05) is 13.8 Å². The summed E-state index contributed by atoms with van der Waals surface area (Å²) in [5.41, 5.74) is 2.90. The number of methoxy groups -OCH3 is 2. The Kier molecular flexibility index (Phi) is 5.77. The van der Waals surface area contributed by atoms with Crippen molar-refractivity contribution < 1.29 is 19.0 Å². The second kappa shape index (κ2) is 8.19. The summed E-state index contributed by atoms with van der Waals surface area (Å²) in [6, 6.07) is 4.14. The highest BCUT2D eigenvalue weighted by Gasteiger charge is 2.42. The zero-order valence-corrected chi connectivity index (χ0v) is 19.2. The molecule has 2 aliphatic heterocycles. The van der Waals surface area contributed by atoms with Crippen LogP contribution >= 0.6 is 11.3 Å². The molecule has 2 aliphatic rings. The van der Waals surface area contributed by atoms with Crippen LogP contribution in [0.25, 0.3) is 0 Å². The number of aromatic nitrogens is 1. The highest BCUT2D eigenvalue weighted by atomic mass is 32.1. The number of nitrogens with zero attached hydrogens (tertiary/aromatic N) is 2. The monoisotopic (exact) mass is 430 g/mol. The maximum atomic E-state index is 13.2. The summed E-state index contributed by atoms with van der Waals surface area (Å²) in [5.74, 6) is 1.90. The molecule has 1 fully saturated rings. The highest BCUT2D eigenvalue weighted by Crippen LogP contribution is 2.45. The fourth-order valence-electron chi connectivity index (χ4n) is 4.48. The molecule has 0 atom stereocenters. The molecule has 162 valence electrons. The van der Waals surface area contributed by atoms with Crippen LogP contribution < -0.4 is 9.47 Å². The molecule has 6 nitrogen and oxygen atoms in total. The van der Waals surface area contributed by atoms with Crippen molar-refractivity contribution in [3.8, 4) is 11.5 Å². The van der Waals surface area contributed by atoms with Crippen LogP contribution in [0.15, 0.2) is 12.1 Å². The molecule has 7 heteroatoms. The Morgan fingerprint density at radius 2 is 1.87 bits per heavy atom. The molecular formula is C23H30N2O4S. The third-order valence-corrected chi connectivity index (χ3v) is 7.66. The maximum Gasteiger partial charge on any atom is 0.265 e. The predicted octanol–water partition coefficient (Wildman–Crippen LogP) is 4.30. The molecule has 0 N–H and O–H groups in total. The number of amides is 1. The molecule has 1 spiro atoms. The van der Waals surface area contributed by atoms with E-state index in [0.717, 1.165) is 46.3 Å². The van der Waals surface area contributed by atoms with Gasteiger partial charge in [-0.05, 0) is 49.4 Å². The number of benzene rings is 1. The molecule has 2 aromatic rings.